The van der Waals surface area contributed by atoms with Crippen LogP contribution in [0.4, 0.5) is 5.69 Å². The van der Waals surface area contributed by atoms with Crippen LogP contribution in [-0.2, 0) is 26.2 Å². The number of hydrogen-bond acceptors (Lipinski definition) is 5. The molecule has 10 heteroatoms. The van der Waals surface area contributed by atoms with Gasteiger partial charge in [0.25, 0.3) is 0 Å². The summed E-state index contributed by atoms with van der Waals surface area (Å²) < 4.78 is 32.6. The molecule has 8 nitrogen and oxygen atoms in total. The predicted molar refractivity (Wildman–Crippen MR) is 149 cm³/mol. The number of ether oxygens (including phenoxy) is 1. The number of carbonyl (C=O) groups excluding carboxylic acids is 2. The molecule has 1 aliphatic carbocycles. The Hall–Kier alpha value is -2.59. The van der Waals surface area contributed by atoms with Gasteiger partial charge in [-0.25, -0.2) is 8.42 Å². The molecule has 3 rings (SSSR count). The smallest absolute Gasteiger partial charge is 0.242 e. The van der Waals surface area contributed by atoms with E-state index in [1.165, 1.54) is 11.4 Å². The van der Waals surface area contributed by atoms with Crippen LogP contribution >= 0.6 is 15.9 Å². The third-order valence-corrected chi connectivity index (χ3v) is 8.29. The average Bonchev–Trinajstić information content (AvgIpc) is 3.37. The third kappa shape index (κ3) is 8.20. The molecule has 1 fully saturated rings. The molecule has 0 bridgehead atoms. The summed E-state index contributed by atoms with van der Waals surface area (Å²) in [5.41, 5.74) is 1.32. The second kappa shape index (κ2) is 13.3. The van der Waals surface area contributed by atoms with Crippen LogP contribution in [0.25, 0.3) is 0 Å². The Balaban J connectivity index is 1.74. The van der Waals surface area contributed by atoms with Crippen molar-refractivity contribution in [2.24, 2.45) is 0 Å². The van der Waals surface area contributed by atoms with Gasteiger partial charge in [-0.3, -0.25) is 13.9 Å². The van der Waals surface area contributed by atoms with Gasteiger partial charge in [-0.15, -0.1) is 0 Å². The van der Waals surface area contributed by atoms with Crippen molar-refractivity contribution in [2.75, 3.05) is 24.2 Å². The minimum absolute atomic E-state index is 0.0935. The Kier molecular flexibility index (Phi) is 10.4. The Labute approximate surface area is 228 Å². The third-order valence-electron chi connectivity index (χ3n) is 6.62. The SMILES string of the molecule is COc1ccccc1N(CCCC(=O)N(Cc1cccc(Br)c1)C(C)C(=O)NC1CCCC1)S(C)(=O)=O. The predicted octanol–water partition coefficient (Wildman–Crippen LogP) is 4.48. The van der Waals surface area contributed by atoms with Gasteiger partial charge in [0, 0.05) is 30.0 Å². The summed E-state index contributed by atoms with van der Waals surface area (Å²) in [6.07, 6.45) is 5.64. The molecule has 2 aromatic carbocycles. The fourth-order valence-corrected chi connectivity index (χ4v) is 6.04. The lowest BCUT2D eigenvalue weighted by Gasteiger charge is -2.30. The van der Waals surface area contributed by atoms with Gasteiger partial charge in [0.1, 0.15) is 11.8 Å². The van der Waals surface area contributed by atoms with Gasteiger partial charge in [-0.2, -0.15) is 0 Å². The number of rotatable bonds is 12. The van der Waals surface area contributed by atoms with Gasteiger partial charge in [-0.1, -0.05) is 53.0 Å². The average molecular weight is 595 g/mol. The summed E-state index contributed by atoms with van der Waals surface area (Å²) >= 11 is 3.47. The molecule has 2 amide bonds. The quantitative estimate of drug-likeness (QED) is 0.391. The largest absolute Gasteiger partial charge is 0.495 e. The highest BCUT2D eigenvalue weighted by Crippen LogP contribution is 2.30. The first-order valence-electron chi connectivity index (χ1n) is 12.5. The molecule has 37 heavy (non-hydrogen) atoms. The molecule has 0 heterocycles. The van der Waals surface area contributed by atoms with Crippen LogP contribution in [0.2, 0.25) is 0 Å². The summed E-state index contributed by atoms with van der Waals surface area (Å²) in [6, 6.07) is 14.0. The van der Waals surface area contributed by atoms with E-state index in [-0.39, 0.29) is 43.8 Å². The number of hydrogen-bond donors (Lipinski definition) is 1. The van der Waals surface area contributed by atoms with Crippen LogP contribution in [0.1, 0.15) is 51.0 Å². The first kappa shape index (κ1) is 29.0. The fourth-order valence-electron chi connectivity index (χ4n) is 4.62. The van der Waals surface area contributed by atoms with E-state index >= 15 is 0 Å². The van der Waals surface area contributed by atoms with Gasteiger partial charge < -0.3 is 15.0 Å². The van der Waals surface area contributed by atoms with Crippen molar-refractivity contribution in [2.45, 2.75) is 64.1 Å². The van der Waals surface area contributed by atoms with Crippen LogP contribution in [0.15, 0.2) is 53.0 Å². The lowest BCUT2D eigenvalue weighted by molar-refractivity contribution is -0.141. The summed E-state index contributed by atoms with van der Waals surface area (Å²) in [6.45, 7) is 2.13. The Morgan fingerprint density at radius 2 is 1.84 bits per heavy atom. The van der Waals surface area contributed by atoms with E-state index in [0.717, 1.165) is 42.0 Å². The van der Waals surface area contributed by atoms with Crippen molar-refractivity contribution < 1.29 is 22.7 Å². The van der Waals surface area contributed by atoms with Crippen LogP contribution in [0, 0.1) is 0 Å². The maximum atomic E-state index is 13.4. The van der Waals surface area contributed by atoms with E-state index in [2.05, 4.69) is 21.2 Å². The van der Waals surface area contributed by atoms with Crippen molar-refractivity contribution in [3.05, 3.63) is 58.6 Å². The first-order valence-corrected chi connectivity index (χ1v) is 15.2. The fraction of sp³-hybridized carbons (Fsp3) is 0.481. The highest BCUT2D eigenvalue weighted by atomic mass is 79.9. The highest BCUT2D eigenvalue weighted by Gasteiger charge is 2.29. The molecule has 1 N–H and O–H groups in total. The van der Waals surface area contributed by atoms with E-state index < -0.39 is 16.1 Å². The number of benzene rings is 2. The number of amides is 2. The summed E-state index contributed by atoms with van der Waals surface area (Å²) in [4.78, 5) is 28.1. The van der Waals surface area contributed by atoms with Crippen molar-refractivity contribution >= 4 is 43.5 Å². The molecule has 0 spiro atoms. The molecule has 1 unspecified atom stereocenters. The van der Waals surface area contributed by atoms with E-state index in [9.17, 15) is 18.0 Å². The zero-order valence-electron chi connectivity index (χ0n) is 21.7. The summed E-state index contributed by atoms with van der Waals surface area (Å²) in [5.74, 6) is 0.0669. The minimum atomic E-state index is -3.61. The number of methoxy groups -OCH3 is 1. The maximum Gasteiger partial charge on any atom is 0.242 e. The molecule has 2 aromatic rings. The number of para-hydroxylation sites is 2. The van der Waals surface area contributed by atoms with Crippen molar-refractivity contribution in [3.8, 4) is 5.75 Å². The number of sulfonamides is 1. The number of nitrogens with one attached hydrogen (secondary N) is 1. The lowest BCUT2D eigenvalue weighted by Crippen LogP contribution is -2.49. The molecule has 0 aromatic heterocycles. The monoisotopic (exact) mass is 593 g/mol. The molecule has 1 saturated carbocycles. The minimum Gasteiger partial charge on any atom is -0.495 e. The molecular weight excluding hydrogens is 558 g/mol. The van der Waals surface area contributed by atoms with Crippen LogP contribution < -0.4 is 14.4 Å². The Morgan fingerprint density at radius 3 is 2.49 bits per heavy atom. The number of halogens is 1. The van der Waals surface area contributed by atoms with Crippen molar-refractivity contribution in [1.29, 1.82) is 0 Å². The molecule has 0 radical (unpaired) electrons. The van der Waals surface area contributed by atoms with Gasteiger partial charge in [0.05, 0.1) is 19.1 Å². The first-order chi connectivity index (χ1) is 17.6. The van der Waals surface area contributed by atoms with Crippen LogP contribution in [-0.4, -0.2) is 57.1 Å². The zero-order valence-corrected chi connectivity index (χ0v) is 24.1. The zero-order chi connectivity index (χ0) is 27.0. The second-order valence-electron chi connectivity index (χ2n) is 9.43. The summed E-state index contributed by atoms with van der Waals surface area (Å²) in [5, 5.41) is 3.10. The topological polar surface area (TPSA) is 96.0 Å². The molecule has 0 saturated heterocycles. The van der Waals surface area contributed by atoms with E-state index in [1.807, 2.05) is 24.3 Å². The maximum absolute atomic E-state index is 13.4. The lowest BCUT2D eigenvalue weighted by atomic mass is 10.1. The normalized spacial score (nSPS) is 14.7. The van der Waals surface area contributed by atoms with E-state index in [4.69, 9.17) is 4.74 Å². The molecule has 202 valence electrons. The van der Waals surface area contributed by atoms with E-state index in [0.29, 0.717) is 11.4 Å². The van der Waals surface area contributed by atoms with Crippen LogP contribution in [0.3, 0.4) is 0 Å². The highest BCUT2D eigenvalue weighted by molar-refractivity contribution is 9.10. The van der Waals surface area contributed by atoms with Gasteiger partial charge in [0.15, 0.2) is 0 Å². The van der Waals surface area contributed by atoms with Gasteiger partial charge in [-0.05, 0) is 56.0 Å². The van der Waals surface area contributed by atoms with Gasteiger partial charge in [0.2, 0.25) is 21.8 Å². The van der Waals surface area contributed by atoms with Crippen molar-refractivity contribution in [3.63, 3.8) is 0 Å². The van der Waals surface area contributed by atoms with Crippen LogP contribution in [0.5, 0.6) is 5.75 Å². The molecular formula is C27H36BrN3O5S. The number of carbonyl (C=O) groups is 2. The Morgan fingerprint density at radius 1 is 1.14 bits per heavy atom. The molecule has 1 aliphatic rings. The van der Waals surface area contributed by atoms with Crippen molar-refractivity contribution in [1.82, 2.24) is 10.2 Å². The Bertz CT molecular complexity index is 1180. The molecule has 0 aliphatic heterocycles. The van der Waals surface area contributed by atoms with E-state index in [1.54, 1.807) is 36.1 Å². The standard InChI is InChI=1S/C27H36BrN3O5S/c1-20(27(33)29-23-12-4-5-13-23)30(19-21-10-8-11-22(28)18-21)26(32)16-9-17-31(37(3,34)35)24-14-6-7-15-25(24)36-2/h6-8,10-11,14-15,18,20,23H,4-5,9,12-13,16-17,19H2,1-3H3,(H,29,33). The van der Waals surface area contributed by atoms with Gasteiger partial charge >= 0.3 is 0 Å². The number of anilines is 1. The molecule has 1 atom stereocenters. The summed E-state index contributed by atoms with van der Waals surface area (Å²) in [7, 11) is -2.12. The second-order valence-corrected chi connectivity index (χ2v) is 12.3. The number of nitrogens with zero attached hydrogens (tertiary/aromatic N) is 2.